The van der Waals surface area contributed by atoms with E-state index in [4.69, 9.17) is 0 Å². The van der Waals surface area contributed by atoms with E-state index in [0.717, 1.165) is 42.2 Å². The van der Waals surface area contributed by atoms with E-state index in [0.29, 0.717) is 11.5 Å². The topological polar surface area (TPSA) is 0 Å². The van der Waals surface area contributed by atoms with E-state index < -0.39 is 23.4 Å². The van der Waals surface area contributed by atoms with Gasteiger partial charge in [0.15, 0.2) is 0 Å². The Balaban J connectivity index is 1.34. The van der Waals surface area contributed by atoms with Crippen LogP contribution in [0.4, 0.5) is 22.0 Å². The molecule has 0 unspecified atom stereocenters. The van der Waals surface area contributed by atoms with Crippen molar-refractivity contribution >= 4 is 10.8 Å². The van der Waals surface area contributed by atoms with Crippen LogP contribution in [0.5, 0.6) is 0 Å². The van der Waals surface area contributed by atoms with Gasteiger partial charge in [-0.05, 0) is 53.3 Å². The summed E-state index contributed by atoms with van der Waals surface area (Å²) in [7, 11) is 0. The summed E-state index contributed by atoms with van der Waals surface area (Å²) in [6, 6.07) is 11.5. The number of hydrogen-bond donors (Lipinski definition) is 0. The van der Waals surface area contributed by atoms with Crippen molar-refractivity contribution in [3.63, 3.8) is 0 Å². The van der Waals surface area contributed by atoms with Gasteiger partial charge in [0.1, 0.15) is 11.6 Å². The number of unbranched alkanes of at least 4 members (excludes halogenated alkanes) is 4. The maximum Gasteiger partial charge on any atom is 0.419 e. The van der Waals surface area contributed by atoms with Gasteiger partial charge in [-0.2, -0.15) is 13.2 Å². The summed E-state index contributed by atoms with van der Waals surface area (Å²) in [6.45, 7) is 2.25. The van der Waals surface area contributed by atoms with Crippen LogP contribution in [0.3, 0.4) is 0 Å². The first-order valence-corrected chi connectivity index (χ1v) is 13.8. The van der Waals surface area contributed by atoms with Crippen LogP contribution in [0.2, 0.25) is 0 Å². The van der Waals surface area contributed by atoms with Gasteiger partial charge >= 0.3 is 6.18 Å². The van der Waals surface area contributed by atoms with E-state index in [1.165, 1.54) is 75.8 Å². The third kappa shape index (κ3) is 7.12. The number of rotatable bonds is 10. The molecule has 37 heavy (non-hydrogen) atoms. The molecular formula is C32H37F5. The molecule has 0 bridgehead atoms. The Bertz CT molecular complexity index is 1170. The maximum absolute atomic E-state index is 15.3. The number of benzene rings is 3. The summed E-state index contributed by atoms with van der Waals surface area (Å²) < 4.78 is 67.9. The van der Waals surface area contributed by atoms with Crippen LogP contribution in [0.1, 0.15) is 88.7 Å². The van der Waals surface area contributed by atoms with E-state index in [-0.39, 0.29) is 11.1 Å². The minimum Gasteiger partial charge on any atom is -0.206 e. The van der Waals surface area contributed by atoms with Crippen LogP contribution < -0.4 is 0 Å². The third-order valence-corrected chi connectivity index (χ3v) is 8.13. The molecule has 0 saturated heterocycles. The maximum atomic E-state index is 15.3. The first-order chi connectivity index (χ1) is 17.8. The van der Waals surface area contributed by atoms with Crippen molar-refractivity contribution in [2.24, 2.45) is 11.8 Å². The molecule has 1 saturated carbocycles. The fourth-order valence-electron chi connectivity index (χ4n) is 5.85. The standard InChI is InChI=1S/C32H37F5/c1-2-3-4-5-6-7-22-8-10-23(11-9-22)12-13-24-14-17-27-25(20-24)15-18-28(31(27)34)26-16-19-29(30(33)21-26)32(35,36)37/h14-23H,2-13H2,1H3/t22-,23-. The summed E-state index contributed by atoms with van der Waals surface area (Å²) in [4.78, 5) is 0. The van der Waals surface area contributed by atoms with Crippen LogP contribution in [0.15, 0.2) is 48.5 Å². The fraction of sp³-hybridized carbons (Fsp3) is 0.500. The molecule has 1 fully saturated rings. The highest BCUT2D eigenvalue weighted by molar-refractivity contribution is 5.88. The highest BCUT2D eigenvalue weighted by atomic mass is 19.4. The molecule has 0 aliphatic heterocycles. The summed E-state index contributed by atoms with van der Waals surface area (Å²) in [5.41, 5.74) is -0.00297. The average Bonchev–Trinajstić information content (AvgIpc) is 2.87. The zero-order valence-corrected chi connectivity index (χ0v) is 21.6. The lowest BCUT2D eigenvalue weighted by atomic mass is 9.77. The Morgan fingerprint density at radius 1 is 0.757 bits per heavy atom. The van der Waals surface area contributed by atoms with Gasteiger partial charge in [-0.1, -0.05) is 108 Å². The molecule has 1 aliphatic carbocycles. The highest BCUT2D eigenvalue weighted by Gasteiger charge is 2.34. The molecule has 0 nitrogen and oxygen atoms in total. The Labute approximate surface area is 217 Å². The van der Waals surface area contributed by atoms with Crippen molar-refractivity contribution in [1.29, 1.82) is 0 Å². The number of fused-ring (bicyclic) bond motifs is 1. The van der Waals surface area contributed by atoms with Gasteiger partial charge < -0.3 is 0 Å². The Hall–Kier alpha value is -2.43. The van der Waals surface area contributed by atoms with Gasteiger partial charge in [0.25, 0.3) is 0 Å². The van der Waals surface area contributed by atoms with Crippen LogP contribution in [0.25, 0.3) is 21.9 Å². The van der Waals surface area contributed by atoms with Crippen molar-refractivity contribution < 1.29 is 22.0 Å². The summed E-state index contributed by atoms with van der Waals surface area (Å²) >= 11 is 0. The predicted octanol–water partition coefficient (Wildman–Crippen LogP) is 10.9. The van der Waals surface area contributed by atoms with Gasteiger partial charge in [0.2, 0.25) is 0 Å². The largest absolute Gasteiger partial charge is 0.419 e. The van der Waals surface area contributed by atoms with Gasteiger partial charge in [0.05, 0.1) is 5.56 Å². The Morgan fingerprint density at radius 3 is 2.14 bits per heavy atom. The van der Waals surface area contributed by atoms with E-state index >= 15 is 4.39 Å². The molecule has 0 amide bonds. The lowest BCUT2D eigenvalue weighted by molar-refractivity contribution is -0.139. The molecule has 3 aromatic carbocycles. The van der Waals surface area contributed by atoms with Gasteiger partial charge in [-0.25, -0.2) is 8.78 Å². The minimum atomic E-state index is -4.78. The number of halogens is 5. The minimum absolute atomic E-state index is 0.0885. The third-order valence-electron chi connectivity index (χ3n) is 8.13. The van der Waals surface area contributed by atoms with Crippen molar-refractivity contribution in [3.05, 3.63) is 71.3 Å². The van der Waals surface area contributed by atoms with E-state index in [9.17, 15) is 17.6 Å². The van der Waals surface area contributed by atoms with Crippen LogP contribution >= 0.6 is 0 Å². The second-order valence-corrected chi connectivity index (χ2v) is 10.8. The van der Waals surface area contributed by atoms with Gasteiger partial charge in [-0.15, -0.1) is 0 Å². The van der Waals surface area contributed by atoms with Crippen molar-refractivity contribution in [3.8, 4) is 11.1 Å². The smallest absolute Gasteiger partial charge is 0.206 e. The molecule has 0 heterocycles. The monoisotopic (exact) mass is 516 g/mol. The molecule has 0 N–H and O–H groups in total. The van der Waals surface area contributed by atoms with E-state index in [1.54, 1.807) is 12.1 Å². The van der Waals surface area contributed by atoms with Crippen molar-refractivity contribution in [2.45, 2.75) is 90.1 Å². The normalized spacial score (nSPS) is 18.4. The SMILES string of the molecule is CCCCCCC[C@H]1CC[C@H](CCc2ccc3c(F)c(-c4ccc(C(F)(F)F)c(F)c4)ccc3c2)CC1. The molecule has 4 rings (SSSR count). The quantitative estimate of drug-likeness (QED) is 0.186. The van der Waals surface area contributed by atoms with Crippen LogP contribution in [-0.4, -0.2) is 0 Å². The van der Waals surface area contributed by atoms with Crippen LogP contribution in [-0.2, 0) is 12.6 Å². The highest BCUT2D eigenvalue weighted by Crippen LogP contribution is 2.37. The summed E-state index contributed by atoms with van der Waals surface area (Å²) in [5.74, 6) is -0.299. The van der Waals surface area contributed by atoms with Crippen LogP contribution in [0, 0.1) is 23.5 Å². The Kier molecular flexibility index (Phi) is 9.26. The molecule has 3 aromatic rings. The summed E-state index contributed by atoms with van der Waals surface area (Å²) in [5, 5.41) is 1.14. The zero-order chi connectivity index (χ0) is 26.4. The van der Waals surface area contributed by atoms with E-state index in [2.05, 4.69) is 6.92 Å². The number of alkyl halides is 3. The molecule has 200 valence electrons. The molecule has 0 aromatic heterocycles. The second-order valence-electron chi connectivity index (χ2n) is 10.8. The molecule has 0 atom stereocenters. The second kappa shape index (κ2) is 12.4. The van der Waals surface area contributed by atoms with E-state index in [1.807, 2.05) is 12.1 Å². The molecular weight excluding hydrogens is 479 g/mol. The lowest BCUT2D eigenvalue weighted by Gasteiger charge is -2.28. The molecule has 1 aliphatic rings. The number of aryl methyl sites for hydroxylation is 1. The van der Waals surface area contributed by atoms with Crippen molar-refractivity contribution in [1.82, 2.24) is 0 Å². The summed E-state index contributed by atoms with van der Waals surface area (Å²) in [6.07, 6.45) is 10.7. The van der Waals surface area contributed by atoms with Gasteiger partial charge in [-0.3, -0.25) is 0 Å². The average molecular weight is 517 g/mol. The lowest BCUT2D eigenvalue weighted by Crippen LogP contribution is -2.15. The molecule has 5 heteroatoms. The van der Waals surface area contributed by atoms with Gasteiger partial charge in [0, 0.05) is 10.9 Å². The first kappa shape index (κ1) is 27.6. The number of hydrogen-bond acceptors (Lipinski definition) is 0. The fourth-order valence-corrected chi connectivity index (χ4v) is 5.85. The Morgan fingerprint density at radius 2 is 1.46 bits per heavy atom. The molecule has 0 radical (unpaired) electrons. The predicted molar refractivity (Wildman–Crippen MR) is 141 cm³/mol. The van der Waals surface area contributed by atoms with Crippen molar-refractivity contribution in [2.75, 3.05) is 0 Å². The zero-order valence-electron chi connectivity index (χ0n) is 21.6. The molecule has 0 spiro atoms. The first-order valence-electron chi connectivity index (χ1n) is 13.8.